The maximum atomic E-state index is 10.5. The maximum absolute atomic E-state index is 10.5. The van der Waals surface area contributed by atoms with Gasteiger partial charge in [0.2, 0.25) is 0 Å². The van der Waals surface area contributed by atoms with E-state index in [1.165, 1.54) is 12.8 Å². The molecule has 1 aromatic rings. The van der Waals surface area contributed by atoms with Crippen molar-refractivity contribution < 1.29 is 9.90 Å². The SMILES string of the molecule is Cc1[nH]nc(C2CC2)c1CCC(=O)O. The fourth-order valence-electron chi connectivity index (χ4n) is 1.71. The second kappa shape index (κ2) is 3.44. The van der Waals surface area contributed by atoms with E-state index in [4.69, 9.17) is 5.11 Å². The van der Waals surface area contributed by atoms with E-state index in [9.17, 15) is 4.79 Å². The van der Waals surface area contributed by atoms with Gasteiger partial charge < -0.3 is 5.11 Å². The van der Waals surface area contributed by atoms with Crippen molar-refractivity contribution in [2.24, 2.45) is 0 Å². The smallest absolute Gasteiger partial charge is 0.303 e. The molecule has 0 amide bonds. The molecule has 2 rings (SSSR count). The minimum Gasteiger partial charge on any atom is -0.481 e. The van der Waals surface area contributed by atoms with Crippen LogP contribution in [0.4, 0.5) is 0 Å². The van der Waals surface area contributed by atoms with Crippen molar-refractivity contribution in [2.75, 3.05) is 0 Å². The topological polar surface area (TPSA) is 66.0 Å². The molecule has 1 aliphatic rings. The third-order valence-electron chi connectivity index (χ3n) is 2.66. The molecule has 1 aromatic heterocycles. The Labute approximate surface area is 82.3 Å². The molecule has 1 aliphatic carbocycles. The van der Waals surface area contributed by atoms with E-state index in [0.717, 1.165) is 17.0 Å². The summed E-state index contributed by atoms with van der Waals surface area (Å²) in [5.74, 6) is -0.156. The number of hydrogen-bond acceptors (Lipinski definition) is 2. The van der Waals surface area contributed by atoms with Gasteiger partial charge in [-0.05, 0) is 31.7 Å². The van der Waals surface area contributed by atoms with Crippen LogP contribution in [-0.4, -0.2) is 21.3 Å². The lowest BCUT2D eigenvalue weighted by Gasteiger charge is -1.99. The number of carboxylic acids is 1. The number of aliphatic carboxylic acids is 1. The minimum atomic E-state index is -0.743. The van der Waals surface area contributed by atoms with E-state index >= 15 is 0 Å². The van der Waals surface area contributed by atoms with Gasteiger partial charge in [-0.2, -0.15) is 5.10 Å². The first-order valence-corrected chi connectivity index (χ1v) is 4.94. The number of hydrogen-bond donors (Lipinski definition) is 2. The van der Waals surface area contributed by atoms with Crippen LogP contribution in [-0.2, 0) is 11.2 Å². The zero-order chi connectivity index (χ0) is 10.1. The van der Waals surface area contributed by atoms with Gasteiger partial charge in [0.15, 0.2) is 0 Å². The molecule has 0 spiro atoms. The van der Waals surface area contributed by atoms with Gasteiger partial charge in [0.25, 0.3) is 0 Å². The van der Waals surface area contributed by atoms with Crippen molar-refractivity contribution in [2.45, 2.75) is 38.5 Å². The predicted octanol–water partition coefficient (Wildman–Crippen LogP) is 1.61. The molecule has 1 fully saturated rings. The van der Waals surface area contributed by atoms with Gasteiger partial charge in [-0.15, -0.1) is 0 Å². The summed E-state index contributed by atoms with van der Waals surface area (Å²) in [6.07, 6.45) is 3.19. The molecule has 4 nitrogen and oxygen atoms in total. The largest absolute Gasteiger partial charge is 0.481 e. The Kier molecular flexibility index (Phi) is 2.27. The fourth-order valence-corrected chi connectivity index (χ4v) is 1.71. The van der Waals surface area contributed by atoms with Crippen LogP contribution in [0, 0.1) is 6.92 Å². The second-order valence-electron chi connectivity index (χ2n) is 3.88. The average molecular weight is 194 g/mol. The van der Waals surface area contributed by atoms with Crippen LogP contribution in [0.2, 0.25) is 0 Å². The third-order valence-corrected chi connectivity index (χ3v) is 2.66. The number of aryl methyl sites for hydroxylation is 1. The highest BCUT2D eigenvalue weighted by Crippen LogP contribution is 2.41. The van der Waals surface area contributed by atoms with E-state index in [0.29, 0.717) is 12.3 Å². The summed E-state index contributed by atoms with van der Waals surface area (Å²) in [7, 11) is 0. The number of carboxylic acid groups (broad SMARTS) is 1. The molecule has 2 N–H and O–H groups in total. The van der Waals surface area contributed by atoms with Crippen LogP contribution in [0.1, 0.15) is 42.1 Å². The van der Waals surface area contributed by atoms with E-state index in [1.54, 1.807) is 0 Å². The molecule has 0 radical (unpaired) electrons. The first-order valence-electron chi connectivity index (χ1n) is 4.94. The number of nitrogens with one attached hydrogen (secondary N) is 1. The number of aromatic nitrogens is 2. The highest BCUT2D eigenvalue weighted by atomic mass is 16.4. The van der Waals surface area contributed by atoms with Crippen LogP contribution in [0.15, 0.2) is 0 Å². The van der Waals surface area contributed by atoms with Crippen molar-refractivity contribution >= 4 is 5.97 Å². The Morgan fingerprint density at radius 1 is 1.64 bits per heavy atom. The van der Waals surface area contributed by atoms with Crippen LogP contribution in [0.3, 0.4) is 0 Å². The molecule has 1 heterocycles. The van der Waals surface area contributed by atoms with Gasteiger partial charge in [0.1, 0.15) is 0 Å². The summed E-state index contributed by atoms with van der Waals surface area (Å²) in [6, 6.07) is 0. The number of aromatic amines is 1. The molecular formula is C10H14N2O2. The highest BCUT2D eigenvalue weighted by molar-refractivity contribution is 5.67. The standard InChI is InChI=1S/C10H14N2O2/c1-6-8(4-5-9(13)14)10(12-11-6)7-2-3-7/h7H,2-5H2,1H3,(H,11,12)(H,13,14). The Morgan fingerprint density at radius 3 is 2.93 bits per heavy atom. The van der Waals surface area contributed by atoms with E-state index < -0.39 is 5.97 Å². The Morgan fingerprint density at radius 2 is 2.36 bits per heavy atom. The maximum Gasteiger partial charge on any atom is 0.303 e. The number of carbonyl (C=O) groups is 1. The number of nitrogens with zero attached hydrogens (tertiary/aromatic N) is 1. The van der Waals surface area contributed by atoms with Gasteiger partial charge in [-0.1, -0.05) is 0 Å². The highest BCUT2D eigenvalue weighted by Gasteiger charge is 2.29. The van der Waals surface area contributed by atoms with Crippen molar-refractivity contribution in [1.29, 1.82) is 0 Å². The zero-order valence-corrected chi connectivity index (χ0v) is 8.21. The lowest BCUT2D eigenvalue weighted by atomic mass is 10.1. The summed E-state index contributed by atoms with van der Waals surface area (Å²) in [5.41, 5.74) is 3.24. The molecule has 0 atom stereocenters. The summed E-state index contributed by atoms with van der Waals surface area (Å²) in [4.78, 5) is 10.5. The molecule has 4 heteroatoms. The fraction of sp³-hybridized carbons (Fsp3) is 0.600. The summed E-state index contributed by atoms with van der Waals surface area (Å²) in [6.45, 7) is 1.95. The lowest BCUT2D eigenvalue weighted by Crippen LogP contribution is -1.99. The van der Waals surface area contributed by atoms with Crippen LogP contribution >= 0.6 is 0 Å². The van der Waals surface area contributed by atoms with Crippen molar-refractivity contribution in [3.63, 3.8) is 0 Å². The monoisotopic (exact) mass is 194 g/mol. The van der Waals surface area contributed by atoms with Gasteiger partial charge in [0, 0.05) is 18.0 Å². The summed E-state index contributed by atoms with van der Waals surface area (Å²) < 4.78 is 0. The summed E-state index contributed by atoms with van der Waals surface area (Å²) >= 11 is 0. The van der Waals surface area contributed by atoms with E-state index in [2.05, 4.69) is 10.2 Å². The van der Waals surface area contributed by atoms with Crippen LogP contribution in [0.5, 0.6) is 0 Å². The number of H-pyrrole nitrogens is 1. The normalized spacial score (nSPS) is 15.8. The zero-order valence-electron chi connectivity index (χ0n) is 8.21. The van der Waals surface area contributed by atoms with E-state index in [-0.39, 0.29) is 6.42 Å². The molecule has 76 valence electrons. The van der Waals surface area contributed by atoms with Gasteiger partial charge in [-0.25, -0.2) is 0 Å². The molecule has 0 saturated heterocycles. The molecule has 1 saturated carbocycles. The minimum absolute atomic E-state index is 0.195. The van der Waals surface area contributed by atoms with Crippen molar-refractivity contribution in [3.8, 4) is 0 Å². The Balaban J connectivity index is 2.13. The second-order valence-corrected chi connectivity index (χ2v) is 3.88. The molecule has 14 heavy (non-hydrogen) atoms. The van der Waals surface area contributed by atoms with Gasteiger partial charge in [0.05, 0.1) is 5.69 Å². The molecule has 0 bridgehead atoms. The first kappa shape index (κ1) is 9.24. The van der Waals surface area contributed by atoms with Crippen molar-refractivity contribution in [3.05, 3.63) is 17.0 Å². The lowest BCUT2D eigenvalue weighted by molar-refractivity contribution is -0.136. The Hall–Kier alpha value is -1.32. The molecule has 0 unspecified atom stereocenters. The quantitative estimate of drug-likeness (QED) is 0.765. The average Bonchev–Trinajstić information content (AvgIpc) is 2.88. The van der Waals surface area contributed by atoms with Gasteiger partial charge >= 0.3 is 5.97 Å². The first-order chi connectivity index (χ1) is 6.68. The molecular weight excluding hydrogens is 180 g/mol. The molecule has 0 aromatic carbocycles. The van der Waals surface area contributed by atoms with Crippen molar-refractivity contribution in [1.82, 2.24) is 10.2 Å². The van der Waals surface area contributed by atoms with E-state index in [1.807, 2.05) is 6.92 Å². The third kappa shape index (κ3) is 1.78. The van der Waals surface area contributed by atoms with Crippen LogP contribution < -0.4 is 0 Å². The summed E-state index contributed by atoms with van der Waals surface area (Å²) in [5, 5.41) is 15.8. The Bertz CT molecular complexity index is 353. The number of rotatable bonds is 4. The van der Waals surface area contributed by atoms with Gasteiger partial charge in [-0.3, -0.25) is 9.89 Å². The van der Waals surface area contributed by atoms with Crippen LogP contribution in [0.25, 0.3) is 0 Å². The molecule has 0 aliphatic heterocycles. The predicted molar refractivity (Wildman–Crippen MR) is 51.3 cm³/mol.